The summed E-state index contributed by atoms with van der Waals surface area (Å²) >= 11 is 1.42. The third-order valence-electron chi connectivity index (χ3n) is 4.64. The summed E-state index contributed by atoms with van der Waals surface area (Å²) in [5.74, 6) is 0.545. The van der Waals surface area contributed by atoms with Crippen molar-refractivity contribution in [3.05, 3.63) is 62.8 Å². The van der Waals surface area contributed by atoms with E-state index in [9.17, 15) is 9.59 Å². The molecule has 1 aromatic carbocycles. The largest absolute Gasteiger partial charge is 0.327 e. The quantitative estimate of drug-likeness (QED) is 0.656. The number of thiophene rings is 1. The number of carbonyl (C=O) groups is 1. The Hall–Kier alpha value is -2.51. The van der Waals surface area contributed by atoms with E-state index in [-0.39, 0.29) is 17.5 Å². The SMILES string of the molecule is CC(c1nc2ccccc2c(=O)n1C)N(CCN(C)C)C(=O)c1cccs1. The molecule has 1 atom stereocenters. The number of aromatic nitrogens is 2. The third-order valence-corrected chi connectivity index (χ3v) is 5.50. The van der Waals surface area contributed by atoms with Crippen LogP contribution in [0, 0.1) is 0 Å². The lowest BCUT2D eigenvalue weighted by Gasteiger charge is -2.30. The van der Waals surface area contributed by atoms with Crippen molar-refractivity contribution < 1.29 is 4.79 Å². The smallest absolute Gasteiger partial charge is 0.264 e. The normalized spacial score (nSPS) is 12.5. The van der Waals surface area contributed by atoms with Gasteiger partial charge in [0.1, 0.15) is 5.82 Å². The van der Waals surface area contributed by atoms with Crippen molar-refractivity contribution in [3.63, 3.8) is 0 Å². The average molecular weight is 385 g/mol. The second kappa shape index (κ2) is 8.02. The van der Waals surface area contributed by atoms with E-state index in [2.05, 4.69) is 0 Å². The zero-order chi connectivity index (χ0) is 19.6. The Morgan fingerprint density at radius 1 is 1.19 bits per heavy atom. The van der Waals surface area contributed by atoms with E-state index < -0.39 is 0 Å². The Kier molecular flexibility index (Phi) is 5.72. The highest BCUT2D eigenvalue weighted by atomic mass is 32.1. The van der Waals surface area contributed by atoms with Crippen LogP contribution in [0.15, 0.2) is 46.6 Å². The number of rotatable bonds is 6. The van der Waals surface area contributed by atoms with E-state index in [0.717, 1.165) is 6.54 Å². The maximum atomic E-state index is 13.1. The summed E-state index contributed by atoms with van der Waals surface area (Å²) in [6, 6.07) is 10.7. The summed E-state index contributed by atoms with van der Waals surface area (Å²) in [6.07, 6.45) is 0. The van der Waals surface area contributed by atoms with Crippen molar-refractivity contribution in [2.24, 2.45) is 7.05 Å². The molecule has 0 aliphatic carbocycles. The molecule has 0 bridgehead atoms. The van der Waals surface area contributed by atoms with Gasteiger partial charge in [-0.1, -0.05) is 18.2 Å². The zero-order valence-electron chi connectivity index (χ0n) is 16.0. The Balaban J connectivity index is 2.04. The fraction of sp³-hybridized carbons (Fsp3) is 0.350. The lowest BCUT2D eigenvalue weighted by Crippen LogP contribution is -2.40. The van der Waals surface area contributed by atoms with Crippen LogP contribution in [0.4, 0.5) is 0 Å². The number of benzene rings is 1. The molecule has 0 spiro atoms. The van der Waals surface area contributed by atoms with Gasteiger partial charge in [-0.25, -0.2) is 4.98 Å². The topological polar surface area (TPSA) is 58.4 Å². The maximum absolute atomic E-state index is 13.1. The molecule has 27 heavy (non-hydrogen) atoms. The Labute approximate surface area is 162 Å². The highest BCUT2D eigenvalue weighted by molar-refractivity contribution is 7.12. The van der Waals surface area contributed by atoms with Gasteiger partial charge in [-0.3, -0.25) is 14.2 Å². The highest BCUT2D eigenvalue weighted by Crippen LogP contribution is 2.23. The first-order chi connectivity index (χ1) is 12.9. The second-order valence-corrected chi connectivity index (χ2v) is 7.75. The fourth-order valence-electron chi connectivity index (χ4n) is 3.07. The molecule has 2 heterocycles. The van der Waals surface area contributed by atoms with Crippen molar-refractivity contribution in [1.82, 2.24) is 19.4 Å². The van der Waals surface area contributed by atoms with Crippen LogP contribution in [-0.4, -0.2) is 52.4 Å². The molecule has 0 aliphatic rings. The minimum Gasteiger partial charge on any atom is -0.327 e. The number of nitrogens with zero attached hydrogens (tertiary/aromatic N) is 4. The van der Waals surface area contributed by atoms with Crippen LogP contribution in [0.5, 0.6) is 0 Å². The van der Waals surface area contributed by atoms with Gasteiger partial charge in [-0.05, 0) is 44.6 Å². The van der Waals surface area contributed by atoms with E-state index in [0.29, 0.717) is 28.1 Å². The molecule has 0 aliphatic heterocycles. The molecule has 3 aromatic rings. The highest BCUT2D eigenvalue weighted by Gasteiger charge is 2.26. The first kappa shape index (κ1) is 19.3. The minimum absolute atomic E-state index is 0.0400. The molecule has 0 N–H and O–H groups in total. The standard InChI is InChI=1S/C20H24N4O2S/c1-14(18-21-16-9-6-5-8-15(16)19(25)23(18)4)24(12-11-22(2)3)20(26)17-10-7-13-27-17/h5-10,13-14H,11-12H2,1-4H3. The number of hydrogen-bond acceptors (Lipinski definition) is 5. The first-order valence-corrected chi connectivity index (χ1v) is 9.73. The average Bonchev–Trinajstić information content (AvgIpc) is 3.19. The first-order valence-electron chi connectivity index (χ1n) is 8.85. The van der Waals surface area contributed by atoms with E-state index in [4.69, 9.17) is 4.98 Å². The van der Waals surface area contributed by atoms with Gasteiger partial charge < -0.3 is 9.80 Å². The summed E-state index contributed by atoms with van der Waals surface area (Å²) in [5, 5.41) is 2.48. The number of amides is 1. The van der Waals surface area contributed by atoms with Crippen molar-refractivity contribution >= 4 is 28.1 Å². The third kappa shape index (κ3) is 3.94. The number of likely N-dealkylation sites (N-methyl/N-ethyl adjacent to an activating group) is 1. The van der Waals surface area contributed by atoms with Crippen LogP contribution in [-0.2, 0) is 7.05 Å². The molecule has 0 saturated carbocycles. The maximum Gasteiger partial charge on any atom is 0.264 e. The minimum atomic E-state index is -0.332. The van der Waals surface area contributed by atoms with Crippen LogP contribution in [0.2, 0.25) is 0 Å². The summed E-state index contributed by atoms with van der Waals surface area (Å²) in [5.41, 5.74) is 0.553. The monoisotopic (exact) mass is 384 g/mol. The lowest BCUT2D eigenvalue weighted by molar-refractivity contribution is 0.0671. The molecule has 0 fully saturated rings. The van der Waals surface area contributed by atoms with Gasteiger partial charge in [-0.2, -0.15) is 0 Å². The predicted octanol–water partition coefficient (Wildman–Crippen LogP) is 2.76. The Morgan fingerprint density at radius 2 is 1.93 bits per heavy atom. The molecule has 1 amide bonds. The van der Waals surface area contributed by atoms with Crippen LogP contribution in [0.25, 0.3) is 10.9 Å². The molecular weight excluding hydrogens is 360 g/mol. The van der Waals surface area contributed by atoms with Crippen molar-refractivity contribution in [2.75, 3.05) is 27.2 Å². The second-order valence-electron chi connectivity index (χ2n) is 6.81. The summed E-state index contributed by atoms with van der Waals surface area (Å²) in [7, 11) is 5.67. The van der Waals surface area contributed by atoms with Crippen LogP contribution < -0.4 is 5.56 Å². The fourth-order valence-corrected chi connectivity index (χ4v) is 3.75. The van der Waals surface area contributed by atoms with Gasteiger partial charge >= 0.3 is 0 Å². The van der Waals surface area contributed by atoms with Crippen LogP contribution in [0.3, 0.4) is 0 Å². The van der Waals surface area contributed by atoms with E-state index in [1.807, 2.05) is 61.6 Å². The molecule has 7 heteroatoms. The van der Waals surface area contributed by atoms with Gasteiger partial charge in [0, 0.05) is 20.1 Å². The summed E-state index contributed by atoms with van der Waals surface area (Å²) in [6.45, 7) is 3.20. The lowest BCUT2D eigenvalue weighted by atomic mass is 10.2. The van der Waals surface area contributed by atoms with Gasteiger partial charge in [0.2, 0.25) is 0 Å². The van der Waals surface area contributed by atoms with Gasteiger partial charge in [0.15, 0.2) is 0 Å². The predicted molar refractivity (Wildman–Crippen MR) is 109 cm³/mol. The summed E-state index contributed by atoms with van der Waals surface area (Å²) in [4.78, 5) is 35.1. The van der Waals surface area contributed by atoms with Crippen molar-refractivity contribution in [1.29, 1.82) is 0 Å². The van der Waals surface area contributed by atoms with Crippen LogP contribution >= 0.6 is 11.3 Å². The molecule has 0 saturated heterocycles. The molecule has 142 valence electrons. The number of fused-ring (bicyclic) bond motifs is 1. The Morgan fingerprint density at radius 3 is 2.59 bits per heavy atom. The number of hydrogen-bond donors (Lipinski definition) is 0. The zero-order valence-corrected chi connectivity index (χ0v) is 16.9. The van der Waals surface area contributed by atoms with Gasteiger partial charge in [0.05, 0.1) is 21.8 Å². The van der Waals surface area contributed by atoms with E-state index >= 15 is 0 Å². The van der Waals surface area contributed by atoms with E-state index in [1.165, 1.54) is 11.3 Å². The number of carbonyl (C=O) groups excluding carboxylic acids is 1. The molecule has 3 rings (SSSR count). The van der Waals surface area contributed by atoms with E-state index in [1.54, 1.807) is 22.6 Å². The number of para-hydroxylation sites is 1. The van der Waals surface area contributed by atoms with Crippen LogP contribution in [0.1, 0.15) is 28.5 Å². The van der Waals surface area contributed by atoms with Gasteiger partial charge in [0.25, 0.3) is 11.5 Å². The molecular formula is C20H24N4O2S. The van der Waals surface area contributed by atoms with Gasteiger partial charge in [-0.15, -0.1) is 11.3 Å². The molecule has 2 aromatic heterocycles. The molecule has 1 unspecified atom stereocenters. The molecule has 6 nitrogen and oxygen atoms in total. The Bertz CT molecular complexity index is 995. The van der Waals surface area contributed by atoms with Crippen molar-refractivity contribution in [3.8, 4) is 0 Å². The molecule has 0 radical (unpaired) electrons. The summed E-state index contributed by atoms with van der Waals surface area (Å²) < 4.78 is 1.55. The van der Waals surface area contributed by atoms with Crippen molar-refractivity contribution in [2.45, 2.75) is 13.0 Å².